The fourth-order valence-corrected chi connectivity index (χ4v) is 2.68. The average molecular weight is 302 g/mol. The Morgan fingerprint density at radius 2 is 2.05 bits per heavy atom. The van der Waals surface area contributed by atoms with E-state index in [0.29, 0.717) is 23.6 Å². The number of hydrogen-bond acceptors (Lipinski definition) is 2. The molecular formula is C16H25ClFNO. The summed E-state index contributed by atoms with van der Waals surface area (Å²) in [5, 5.41) is 3.89. The number of hydrogen-bond donors (Lipinski definition) is 1. The molecule has 0 heterocycles. The number of likely N-dealkylation sites (N-methyl/N-ethyl adjacent to an activating group) is 1. The number of nitrogens with one attached hydrogen (secondary N) is 1. The van der Waals surface area contributed by atoms with E-state index in [0.717, 1.165) is 19.4 Å². The Kier molecular flexibility index (Phi) is 8.12. The fourth-order valence-electron chi connectivity index (χ4n) is 2.44. The number of benzene rings is 1. The molecule has 0 amide bonds. The van der Waals surface area contributed by atoms with Crippen LogP contribution in [0.2, 0.25) is 5.02 Å². The third-order valence-corrected chi connectivity index (χ3v) is 3.71. The number of rotatable bonds is 9. The maximum absolute atomic E-state index is 13.9. The van der Waals surface area contributed by atoms with Crippen molar-refractivity contribution < 1.29 is 9.13 Å². The molecule has 0 saturated heterocycles. The predicted octanol–water partition coefficient (Wildman–Crippen LogP) is 4.20. The van der Waals surface area contributed by atoms with Crippen LogP contribution in [0.3, 0.4) is 0 Å². The van der Waals surface area contributed by atoms with Crippen molar-refractivity contribution in [3.8, 4) is 0 Å². The average Bonchev–Trinajstić information content (AvgIpc) is 2.42. The van der Waals surface area contributed by atoms with E-state index in [1.807, 2.05) is 13.8 Å². The first kappa shape index (κ1) is 17.4. The maximum Gasteiger partial charge on any atom is 0.127 e. The molecule has 0 fully saturated rings. The van der Waals surface area contributed by atoms with Crippen LogP contribution in [-0.4, -0.2) is 25.3 Å². The van der Waals surface area contributed by atoms with E-state index in [1.54, 1.807) is 12.1 Å². The van der Waals surface area contributed by atoms with E-state index >= 15 is 0 Å². The quantitative estimate of drug-likeness (QED) is 0.738. The van der Waals surface area contributed by atoms with Crippen LogP contribution >= 0.6 is 11.6 Å². The lowest BCUT2D eigenvalue weighted by atomic mass is 9.97. The molecule has 0 radical (unpaired) electrons. The van der Waals surface area contributed by atoms with Crippen molar-refractivity contribution in [3.05, 3.63) is 34.6 Å². The molecule has 4 heteroatoms. The minimum absolute atomic E-state index is 0.0781. The van der Waals surface area contributed by atoms with Gasteiger partial charge in [-0.1, -0.05) is 37.9 Å². The highest BCUT2D eigenvalue weighted by Gasteiger charge is 2.23. The van der Waals surface area contributed by atoms with E-state index in [2.05, 4.69) is 12.2 Å². The molecule has 0 aliphatic rings. The molecule has 0 saturated carbocycles. The highest BCUT2D eigenvalue weighted by atomic mass is 35.5. The molecule has 0 bridgehead atoms. The van der Waals surface area contributed by atoms with Gasteiger partial charge in [-0.25, -0.2) is 4.39 Å². The Morgan fingerprint density at radius 3 is 2.60 bits per heavy atom. The number of ether oxygens (including phenoxy) is 1. The van der Waals surface area contributed by atoms with Crippen LogP contribution < -0.4 is 5.32 Å². The van der Waals surface area contributed by atoms with Crippen molar-refractivity contribution in [2.24, 2.45) is 0 Å². The first-order valence-corrected chi connectivity index (χ1v) is 7.79. The molecule has 0 aliphatic heterocycles. The monoisotopic (exact) mass is 301 g/mol. The summed E-state index contributed by atoms with van der Waals surface area (Å²) in [6.45, 7) is 7.65. The van der Waals surface area contributed by atoms with E-state index in [4.69, 9.17) is 16.3 Å². The molecular weight excluding hydrogens is 277 g/mol. The minimum Gasteiger partial charge on any atom is -0.377 e. The van der Waals surface area contributed by atoms with E-state index < -0.39 is 0 Å². The zero-order valence-corrected chi connectivity index (χ0v) is 13.3. The molecule has 1 N–H and O–H groups in total. The Hall–Kier alpha value is -0.640. The standard InChI is InChI=1S/C16H25ClFNO/c1-4-8-16(20-6-3)15(19-5-2)11-12-13(17)9-7-10-14(12)18/h7,9-10,15-16,19H,4-6,8,11H2,1-3H3. The second-order valence-corrected chi connectivity index (χ2v) is 5.26. The largest absolute Gasteiger partial charge is 0.377 e. The topological polar surface area (TPSA) is 21.3 Å². The molecule has 2 unspecified atom stereocenters. The summed E-state index contributed by atoms with van der Waals surface area (Å²) in [5.41, 5.74) is 0.570. The fraction of sp³-hybridized carbons (Fsp3) is 0.625. The lowest BCUT2D eigenvalue weighted by Gasteiger charge is -2.28. The smallest absolute Gasteiger partial charge is 0.127 e. The predicted molar refractivity (Wildman–Crippen MR) is 82.9 cm³/mol. The third kappa shape index (κ3) is 5.04. The highest BCUT2D eigenvalue weighted by Crippen LogP contribution is 2.22. The zero-order valence-electron chi connectivity index (χ0n) is 12.6. The van der Waals surface area contributed by atoms with Crippen molar-refractivity contribution in [2.45, 2.75) is 52.2 Å². The minimum atomic E-state index is -0.243. The number of halogens is 2. The van der Waals surface area contributed by atoms with Gasteiger partial charge in [0, 0.05) is 23.2 Å². The van der Waals surface area contributed by atoms with Gasteiger partial charge in [-0.3, -0.25) is 0 Å². The molecule has 1 rings (SSSR count). The van der Waals surface area contributed by atoms with Gasteiger partial charge in [0.2, 0.25) is 0 Å². The van der Waals surface area contributed by atoms with Crippen LogP contribution in [0.5, 0.6) is 0 Å². The SMILES string of the molecule is CCCC(OCC)C(Cc1c(F)cccc1Cl)NCC. The normalized spacial score (nSPS) is 14.2. The van der Waals surface area contributed by atoms with E-state index in [-0.39, 0.29) is 18.0 Å². The van der Waals surface area contributed by atoms with Crippen molar-refractivity contribution in [3.63, 3.8) is 0 Å². The van der Waals surface area contributed by atoms with Crippen LogP contribution in [0.1, 0.15) is 39.2 Å². The molecule has 1 aromatic carbocycles. The lowest BCUT2D eigenvalue weighted by Crippen LogP contribution is -2.43. The van der Waals surface area contributed by atoms with E-state index in [9.17, 15) is 4.39 Å². The Balaban J connectivity index is 2.89. The molecule has 1 aromatic rings. The summed E-state index contributed by atoms with van der Waals surface area (Å²) in [6, 6.07) is 4.91. The van der Waals surface area contributed by atoms with Gasteiger partial charge in [0.15, 0.2) is 0 Å². The molecule has 0 aliphatic carbocycles. The summed E-state index contributed by atoms with van der Waals surface area (Å²) in [5.74, 6) is -0.243. The summed E-state index contributed by atoms with van der Waals surface area (Å²) < 4.78 is 19.8. The van der Waals surface area contributed by atoms with Crippen molar-refractivity contribution >= 4 is 11.6 Å². The van der Waals surface area contributed by atoms with Crippen LogP contribution in [0, 0.1) is 5.82 Å². The summed E-state index contributed by atoms with van der Waals surface area (Å²) in [6.07, 6.45) is 2.62. The second-order valence-electron chi connectivity index (χ2n) is 4.85. The highest BCUT2D eigenvalue weighted by molar-refractivity contribution is 6.31. The molecule has 2 nitrogen and oxygen atoms in total. The van der Waals surface area contributed by atoms with Gasteiger partial charge in [-0.2, -0.15) is 0 Å². The first-order chi connectivity index (χ1) is 9.63. The van der Waals surface area contributed by atoms with Gasteiger partial charge in [0.25, 0.3) is 0 Å². The summed E-state index contributed by atoms with van der Waals surface area (Å²) in [4.78, 5) is 0. The van der Waals surface area contributed by atoms with E-state index in [1.165, 1.54) is 6.07 Å². The van der Waals surface area contributed by atoms with Crippen LogP contribution in [0.4, 0.5) is 4.39 Å². The van der Waals surface area contributed by atoms with Crippen LogP contribution in [-0.2, 0) is 11.2 Å². The van der Waals surface area contributed by atoms with Gasteiger partial charge >= 0.3 is 0 Å². The van der Waals surface area contributed by atoms with Gasteiger partial charge in [0.05, 0.1) is 6.10 Å². The Morgan fingerprint density at radius 1 is 1.30 bits per heavy atom. The van der Waals surface area contributed by atoms with Gasteiger partial charge in [-0.15, -0.1) is 0 Å². The second kappa shape index (κ2) is 9.32. The molecule has 2 atom stereocenters. The Labute approximate surface area is 126 Å². The molecule has 0 aromatic heterocycles. The molecule has 114 valence electrons. The summed E-state index contributed by atoms with van der Waals surface area (Å²) >= 11 is 6.12. The van der Waals surface area contributed by atoms with Gasteiger partial charge in [0.1, 0.15) is 5.82 Å². The van der Waals surface area contributed by atoms with Gasteiger partial charge < -0.3 is 10.1 Å². The summed E-state index contributed by atoms with van der Waals surface area (Å²) in [7, 11) is 0. The van der Waals surface area contributed by atoms with Crippen molar-refractivity contribution in [1.29, 1.82) is 0 Å². The van der Waals surface area contributed by atoms with Crippen LogP contribution in [0.25, 0.3) is 0 Å². The van der Waals surface area contributed by atoms with Gasteiger partial charge in [-0.05, 0) is 38.4 Å². The molecule has 20 heavy (non-hydrogen) atoms. The Bertz CT molecular complexity index is 374. The lowest BCUT2D eigenvalue weighted by molar-refractivity contribution is 0.0284. The van der Waals surface area contributed by atoms with Crippen LogP contribution in [0.15, 0.2) is 18.2 Å². The zero-order chi connectivity index (χ0) is 15.0. The van der Waals surface area contributed by atoms with Crippen molar-refractivity contribution in [1.82, 2.24) is 5.32 Å². The van der Waals surface area contributed by atoms with Crippen molar-refractivity contribution in [2.75, 3.05) is 13.2 Å². The maximum atomic E-state index is 13.9. The molecule has 0 spiro atoms. The first-order valence-electron chi connectivity index (χ1n) is 7.41. The third-order valence-electron chi connectivity index (χ3n) is 3.35.